The highest BCUT2D eigenvalue weighted by molar-refractivity contribution is 5.84. The summed E-state index contributed by atoms with van der Waals surface area (Å²) >= 11 is 0. The van der Waals surface area contributed by atoms with Crippen LogP contribution in [0.4, 0.5) is 0 Å². The minimum absolute atomic E-state index is 0.0437. The molecule has 4 aliphatic rings. The van der Waals surface area contributed by atoms with Crippen molar-refractivity contribution in [3.05, 3.63) is 0 Å². The van der Waals surface area contributed by atoms with Crippen molar-refractivity contribution >= 4 is 11.6 Å². The molecule has 4 saturated carbocycles. The molecule has 0 aliphatic heterocycles. The first-order chi connectivity index (χ1) is 15.1. The van der Waals surface area contributed by atoms with Gasteiger partial charge in [-0.1, -0.05) is 13.8 Å². The van der Waals surface area contributed by atoms with Gasteiger partial charge in [-0.15, -0.1) is 0 Å². The molecule has 0 aromatic heterocycles. The number of carbonyl (C=O) groups is 2. The van der Waals surface area contributed by atoms with Gasteiger partial charge in [0.15, 0.2) is 5.78 Å². The molecule has 7 nitrogen and oxygen atoms in total. The van der Waals surface area contributed by atoms with Gasteiger partial charge in [0.1, 0.15) is 11.9 Å². The lowest BCUT2D eigenvalue weighted by Crippen LogP contribution is -2.65. The van der Waals surface area contributed by atoms with Crippen LogP contribution in [0.3, 0.4) is 0 Å². The van der Waals surface area contributed by atoms with Crippen LogP contribution in [0.5, 0.6) is 0 Å². The molecule has 188 valence electrons. The Kier molecular flexibility index (Phi) is 6.19. The lowest BCUT2D eigenvalue weighted by Gasteiger charge is -2.63. The Labute approximate surface area is 196 Å². The third-order valence-electron chi connectivity index (χ3n) is 10.4. The number of rotatable bonds is 5. The molecular formula is C26H42O7. The van der Waals surface area contributed by atoms with Crippen molar-refractivity contribution in [3.8, 4) is 0 Å². The van der Waals surface area contributed by atoms with Crippen molar-refractivity contribution in [2.24, 2.45) is 34.5 Å². The van der Waals surface area contributed by atoms with Gasteiger partial charge in [0, 0.05) is 30.1 Å². The second-order valence-electron chi connectivity index (χ2n) is 12.8. The van der Waals surface area contributed by atoms with E-state index in [1.807, 2.05) is 13.8 Å². The van der Waals surface area contributed by atoms with Crippen molar-refractivity contribution in [2.45, 2.75) is 115 Å². The van der Waals surface area contributed by atoms with Crippen molar-refractivity contribution < 1.29 is 35.1 Å². The fourth-order valence-electron chi connectivity index (χ4n) is 8.37. The first kappa shape index (κ1) is 25.2. The van der Waals surface area contributed by atoms with Gasteiger partial charge in [-0.3, -0.25) is 9.59 Å². The zero-order chi connectivity index (χ0) is 24.6. The van der Waals surface area contributed by atoms with E-state index in [0.29, 0.717) is 25.7 Å². The molecule has 0 aromatic rings. The van der Waals surface area contributed by atoms with Crippen molar-refractivity contribution in [2.75, 3.05) is 0 Å². The monoisotopic (exact) mass is 466 g/mol. The van der Waals surface area contributed by atoms with Crippen LogP contribution in [0.1, 0.15) is 85.5 Å². The summed E-state index contributed by atoms with van der Waals surface area (Å²) in [4.78, 5) is 26.0. The van der Waals surface area contributed by atoms with Gasteiger partial charge in [0.25, 0.3) is 0 Å². The molecule has 4 fully saturated rings. The Bertz CT molecular complexity index is 805. The van der Waals surface area contributed by atoms with Crippen LogP contribution in [0, 0.1) is 34.5 Å². The highest BCUT2D eigenvalue weighted by Gasteiger charge is 2.70. The Hall–Kier alpha value is -0.860. The van der Waals surface area contributed by atoms with Gasteiger partial charge < -0.3 is 25.5 Å². The second kappa shape index (κ2) is 8.09. The molecule has 7 heteroatoms. The van der Waals surface area contributed by atoms with E-state index in [4.69, 9.17) is 0 Å². The molecule has 33 heavy (non-hydrogen) atoms. The Morgan fingerprint density at radius 3 is 2.42 bits per heavy atom. The number of ketones is 2. The summed E-state index contributed by atoms with van der Waals surface area (Å²) in [6.07, 6.45) is 0.608. The molecule has 4 rings (SSSR count). The molecule has 0 radical (unpaired) electrons. The number of carbonyl (C=O) groups excluding carboxylic acids is 2. The molecule has 0 amide bonds. The maximum Gasteiger partial charge on any atom is 0.161 e. The fourth-order valence-corrected chi connectivity index (χ4v) is 8.37. The average molecular weight is 467 g/mol. The van der Waals surface area contributed by atoms with E-state index in [1.165, 1.54) is 0 Å². The number of Topliss-reactive ketones (excluding diaryl/α,β-unsaturated/α-hetero) is 2. The molecule has 4 aliphatic carbocycles. The van der Waals surface area contributed by atoms with Gasteiger partial charge in [-0.05, 0) is 76.0 Å². The Balaban J connectivity index is 1.59. The summed E-state index contributed by atoms with van der Waals surface area (Å²) in [5.41, 5.74) is -3.31. The molecule has 0 spiro atoms. The predicted molar refractivity (Wildman–Crippen MR) is 121 cm³/mol. The lowest BCUT2D eigenvalue weighted by atomic mass is 9.42. The van der Waals surface area contributed by atoms with E-state index in [1.54, 1.807) is 13.8 Å². The normalized spacial score (nSPS) is 48.6. The van der Waals surface area contributed by atoms with E-state index < -0.39 is 46.3 Å². The first-order valence-corrected chi connectivity index (χ1v) is 12.7. The number of aliphatic hydroxyl groups excluding tert-OH is 3. The number of hydrogen-bond acceptors (Lipinski definition) is 7. The molecule has 8 unspecified atom stereocenters. The summed E-state index contributed by atoms with van der Waals surface area (Å²) in [6.45, 7) is 7.28. The van der Waals surface area contributed by atoms with Crippen LogP contribution in [0.2, 0.25) is 0 Å². The maximum absolute atomic E-state index is 13.2. The van der Waals surface area contributed by atoms with Crippen molar-refractivity contribution in [3.63, 3.8) is 0 Å². The molecule has 5 N–H and O–H groups in total. The van der Waals surface area contributed by atoms with Crippen molar-refractivity contribution in [1.82, 2.24) is 0 Å². The summed E-state index contributed by atoms with van der Waals surface area (Å²) in [6, 6.07) is 0. The van der Waals surface area contributed by atoms with Gasteiger partial charge in [0.2, 0.25) is 0 Å². The molecular weight excluding hydrogens is 424 g/mol. The highest BCUT2D eigenvalue weighted by Crippen LogP contribution is 2.68. The zero-order valence-corrected chi connectivity index (χ0v) is 20.5. The lowest BCUT2D eigenvalue weighted by molar-refractivity contribution is -0.220. The van der Waals surface area contributed by atoms with Crippen molar-refractivity contribution in [1.29, 1.82) is 0 Å². The van der Waals surface area contributed by atoms with Crippen LogP contribution in [-0.4, -0.2) is 66.6 Å². The molecule has 10 atom stereocenters. The number of aliphatic hydroxyl groups is 5. The summed E-state index contributed by atoms with van der Waals surface area (Å²) in [7, 11) is 0. The smallest absolute Gasteiger partial charge is 0.161 e. The van der Waals surface area contributed by atoms with Crippen LogP contribution in [0.25, 0.3) is 0 Å². The van der Waals surface area contributed by atoms with E-state index >= 15 is 0 Å². The summed E-state index contributed by atoms with van der Waals surface area (Å²) in [5, 5.41) is 53.7. The SMILES string of the molecule is CC(C)(O)CCC(=O)C(O)C1CC[C@@]2(O)C3CC(=O)[C@H]4CC(O)C(O)CC4(C)C3CCC12C. The maximum atomic E-state index is 13.2. The van der Waals surface area contributed by atoms with E-state index in [0.717, 1.165) is 6.42 Å². The van der Waals surface area contributed by atoms with Gasteiger partial charge >= 0.3 is 0 Å². The molecule has 0 heterocycles. The average Bonchev–Trinajstić information content (AvgIpc) is 2.99. The first-order valence-electron chi connectivity index (χ1n) is 12.7. The van der Waals surface area contributed by atoms with Crippen LogP contribution < -0.4 is 0 Å². The highest BCUT2D eigenvalue weighted by atomic mass is 16.3. The summed E-state index contributed by atoms with van der Waals surface area (Å²) < 4.78 is 0. The Morgan fingerprint density at radius 1 is 1.12 bits per heavy atom. The standard InChI is InChI=1S/C26H42O7/c1-23(2,32)8-7-18(27)22(31)15-6-10-26(33)16-11-19(28)17-12-20(29)21(30)13-24(17,3)14(16)5-9-25(15,26)4/h14-17,20-22,29-33H,5-13H2,1-4H3/t14?,15?,16?,17-,20?,21?,22?,24?,25?,26-/m1/s1. The minimum atomic E-state index is -1.20. The second-order valence-corrected chi connectivity index (χ2v) is 12.8. The number of fused-ring (bicyclic) bond motifs is 5. The summed E-state index contributed by atoms with van der Waals surface area (Å²) in [5.74, 6) is -1.19. The molecule has 0 aromatic carbocycles. The van der Waals surface area contributed by atoms with Crippen LogP contribution in [0.15, 0.2) is 0 Å². The largest absolute Gasteiger partial charge is 0.390 e. The van der Waals surface area contributed by atoms with E-state index in [2.05, 4.69) is 0 Å². The van der Waals surface area contributed by atoms with Gasteiger partial charge in [-0.25, -0.2) is 0 Å². The predicted octanol–water partition coefficient (Wildman–Crippen LogP) is 1.75. The van der Waals surface area contributed by atoms with Gasteiger partial charge in [-0.2, -0.15) is 0 Å². The minimum Gasteiger partial charge on any atom is -0.390 e. The quantitative estimate of drug-likeness (QED) is 0.416. The number of hydrogen-bond donors (Lipinski definition) is 5. The Morgan fingerprint density at radius 2 is 1.79 bits per heavy atom. The fraction of sp³-hybridized carbons (Fsp3) is 0.923. The van der Waals surface area contributed by atoms with E-state index in [-0.39, 0.29) is 55.0 Å². The van der Waals surface area contributed by atoms with E-state index in [9.17, 15) is 35.1 Å². The van der Waals surface area contributed by atoms with Crippen LogP contribution >= 0.6 is 0 Å². The zero-order valence-electron chi connectivity index (χ0n) is 20.5. The topological polar surface area (TPSA) is 135 Å². The third-order valence-corrected chi connectivity index (χ3v) is 10.4. The molecule has 0 bridgehead atoms. The third kappa shape index (κ3) is 3.83. The van der Waals surface area contributed by atoms with Gasteiger partial charge in [0.05, 0.1) is 23.4 Å². The molecule has 0 saturated heterocycles. The van der Waals surface area contributed by atoms with Crippen LogP contribution in [-0.2, 0) is 9.59 Å².